The van der Waals surface area contributed by atoms with Crippen LogP contribution >= 0.6 is 0 Å². The molecule has 4 heteroatoms. The second kappa shape index (κ2) is 7.18. The lowest BCUT2D eigenvalue weighted by molar-refractivity contribution is 0.145. The molecule has 0 unspecified atom stereocenters. The lowest BCUT2D eigenvalue weighted by atomic mass is 10.0. The van der Waals surface area contributed by atoms with E-state index in [2.05, 4.69) is 57.5 Å². The molecule has 1 fully saturated rings. The van der Waals surface area contributed by atoms with Crippen LogP contribution in [0.25, 0.3) is 6.08 Å². The zero-order valence-electron chi connectivity index (χ0n) is 12.3. The van der Waals surface area contributed by atoms with Crippen molar-refractivity contribution in [1.29, 1.82) is 0 Å². The van der Waals surface area contributed by atoms with Crippen LogP contribution in [0, 0.1) is 0 Å². The Morgan fingerprint density at radius 3 is 2.90 bits per heavy atom. The molecule has 1 aromatic heterocycles. The Labute approximate surface area is 126 Å². The first-order valence-electron chi connectivity index (χ1n) is 7.70. The lowest BCUT2D eigenvalue weighted by Crippen LogP contribution is -2.42. The average molecular weight is 282 g/mol. The highest BCUT2D eigenvalue weighted by atomic mass is 15.3. The Morgan fingerprint density at radius 1 is 1.19 bits per heavy atom. The molecule has 0 N–H and O–H groups in total. The van der Waals surface area contributed by atoms with Crippen LogP contribution in [0.15, 0.2) is 49.1 Å². The van der Waals surface area contributed by atoms with Gasteiger partial charge in [0.15, 0.2) is 0 Å². The summed E-state index contributed by atoms with van der Waals surface area (Å²) in [4.78, 5) is 6.59. The molecule has 1 aliphatic rings. The lowest BCUT2D eigenvalue weighted by Gasteiger charge is -2.34. The van der Waals surface area contributed by atoms with E-state index in [1.807, 2.05) is 11.0 Å². The molecule has 1 atom stereocenters. The maximum atomic E-state index is 4.23. The Hall–Kier alpha value is -1.94. The van der Waals surface area contributed by atoms with Gasteiger partial charge >= 0.3 is 0 Å². The van der Waals surface area contributed by atoms with E-state index in [1.165, 1.54) is 31.4 Å². The van der Waals surface area contributed by atoms with Crippen LogP contribution in [-0.2, 0) is 6.54 Å². The van der Waals surface area contributed by atoms with Crippen LogP contribution in [0.2, 0.25) is 0 Å². The zero-order valence-corrected chi connectivity index (χ0v) is 12.3. The number of nitrogens with zero attached hydrogens (tertiary/aromatic N) is 4. The van der Waals surface area contributed by atoms with E-state index in [0.717, 1.165) is 13.1 Å². The molecule has 21 heavy (non-hydrogen) atoms. The van der Waals surface area contributed by atoms with E-state index in [4.69, 9.17) is 0 Å². The summed E-state index contributed by atoms with van der Waals surface area (Å²) in [7, 11) is 0. The van der Waals surface area contributed by atoms with Crippen molar-refractivity contribution in [1.82, 2.24) is 19.7 Å². The highest BCUT2D eigenvalue weighted by Gasteiger charge is 2.21. The Morgan fingerprint density at radius 2 is 2.10 bits per heavy atom. The summed E-state index contributed by atoms with van der Waals surface area (Å²) in [5, 5.41) is 4.23. The number of benzene rings is 1. The topological polar surface area (TPSA) is 34.0 Å². The standard InChI is InChI=1S/C17H22N4/c1-2-7-16(8-3-1)9-6-12-20-11-5-4-10-17(20)13-21-15-18-14-19-21/h1-3,6-9,14-15,17H,4-5,10-13H2/b9-6-/t17-/m0/s1. The fourth-order valence-electron chi connectivity index (χ4n) is 2.94. The average Bonchev–Trinajstić information content (AvgIpc) is 3.03. The Bertz CT molecular complexity index is 547. The second-order valence-electron chi connectivity index (χ2n) is 5.58. The Balaban J connectivity index is 1.58. The predicted octanol–water partition coefficient (Wildman–Crippen LogP) is 2.85. The largest absolute Gasteiger partial charge is 0.295 e. The second-order valence-corrected chi connectivity index (χ2v) is 5.58. The van der Waals surface area contributed by atoms with Gasteiger partial charge in [0.25, 0.3) is 0 Å². The van der Waals surface area contributed by atoms with Gasteiger partial charge in [0.2, 0.25) is 0 Å². The molecule has 2 aromatic rings. The summed E-state index contributed by atoms with van der Waals surface area (Å²) in [6.45, 7) is 3.13. The molecule has 0 amide bonds. The molecule has 0 spiro atoms. The fraction of sp³-hybridized carbons (Fsp3) is 0.412. The monoisotopic (exact) mass is 282 g/mol. The first-order chi connectivity index (χ1) is 10.4. The third kappa shape index (κ3) is 4.02. The smallest absolute Gasteiger partial charge is 0.137 e. The molecule has 4 nitrogen and oxygen atoms in total. The molecule has 0 saturated carbocycles. The van der Waals surface area contributed by atoms with Gasteiger partial charge in [-0.25, -0.2) is 4.98 Å². The number of aromatic nitrogens is 3. The van der Waals surface area contributed by atoms with Crippen molar-refractivity contribution in [3.05, 3.63) is 54.6 Å². The van der Waals surface area contributed by atoms with Gasteiger partial charge in [0.1, 0.15) is 12.7 Å². The zero-order chi connectivity index (χ0) is 14.3. The molecule has 2 heterocycles. The van der Waals surface area contributed by atoms with E-state index < -0.39 is 0 Å². The van der Waals surface area contributed by atoms with Crippen LogP contribution in [-0.4, -0.2) is 38.8 Å². The molecule has 1 aliphatic heterocycles. The van der Waals surface area contributed by atoms with Crippen LogP contribution in [0.4, 0.5) is 0 Å². The van der Waals surface area contributed by atoms with Gasteiger partial charge in [-0.15, -0.1) is 0 Å². The van der Waals surface area contributed by atoms with E-state index >= 15 is 0 Å². The highest BCUT2D eigenvalue weighted by Crippen LogP contribution is 2.18. The number of hydrogen-bond acceptors (Lipinski definition) is 3. The highest BCUT2D eigenvalue weighted by molar-refractivity contribution is 5.48. The van der Waals surface area contributed by atoms with Crippen molar-refractivity contribution < 1.29 is 0 Å². The summed E-state index contributed by atoms with van der Waals surface area (Å²) in [5.74, 6) is 0. The van der Waals surface area contributed by atoms with E-state index in [0.29, 0.717) is 6.04 Å². The van der Waals surface area contributed by atoms with Gasteiger partial charge in [-0.2, -0.15) is 5.10 Å². The summed E-state index contributed by atoms with van der Waals surface area (Å²) >= 11 is 0. The molecule has 1 saturated heterocycles. The van der Waals surface area contributed by atoms with Crippen LogP contribution in [0.1, 0.15) is 24.8 Å². The van der Waals surface area contributed by atoms with Crippen LogP contribution in [0.5, 0.6) is 0 Å². The van der Waals surface area contributed by atoms with Gasteiger partial charge in [0.05, 0.1) is 6.54 Å². The van der Waals surface area contributed by atoms with Crippen molar-refractivity contribution in [3.8, 4) is 0 Å². The van der Waals surface area contributed by atoms with E-state index in [-0.39, 0.29) is 0 Å². The molecular formula is C17H22N4. The quantitative estimate of drug-likeness (QED) is 0.845. The third-order valence-electron chi connectivity index (χ3n) is 4.06. The summed E-state index contributed by atoms with van der Waals surface area (Å²) in [6.07, 6.45) is 11.8. The number of hydrogen-bond donors (Lipinski definition) is 0. The van der Waals surface area contributed by atoms with Gasteiger partial charge in [-0.1, -0.05) is 48.9 Å². The van der Waals surface area contributed by atoms with Crippen molar-refractivity contribution in [2.24, 2.45) is 0 Å². The van der Waals surface area contributed by atoms with Gasteiger partial charge < -0.3 is 0 Å². The van der Waals surface area contributed by atoms with Crippen molar-refractivity contribution in [2.45, 2.75) is 31.8 Å². The maximum absolute atomic E-state index is 4.23. The summed E-state index contributed by atoms with van der Waals surface area (Å²) in [5.41, 5.74) is 1.27. The summed E-state index contributed by atoms with van der Waals surface area (Å²) < 4.78 is 1.95. The molecular weight excluding hydrogens is 260 g/mol. The molecule has 3 rings (SSSR count). The Kier molecular flexibility index (Phi) is 4.79. The number of likely N-dealkylation sites (tertiary alicyclic amines) is 1. The van der Waals surface area contributed by atoms with Crippen molar-refractivity contribution >= 4 is 6.08 Å². The van der Waals surface area contributed by atoms with Gasteiger partial charge in [0, 0.05) is 12.6 Å². The van der Waals surface area contributed by atoms with Gasteiger partial charge in [-0.3, -0.25) is 9.58 Å². The maximum Gasteiger partial charge on any atom is 0.137 e. The number of rotatable bonds is 5. The first kappa shape index (κ1) is 14.0. The molecule has 1 aromatic carbocycles. The first-order valence-corrected chi connectivity index (χ1v) is 7.70. The van der Waals surface area contributed by atoms with Crippen molar-refractivity contribution in [2.75, 3.05) is 13.1 Å². The van der Waals surface area contributed by atoms with E-state index in [1.54, 1.807) is 6.33 Å². The third-order valence-corrected chi connectivity index (χ3v) is 4.06. The molecule has 0 radical (unpaired) electrons. The fourth-order valence-corrected chi connectivity index (χ4v) is 2.94. The van der Waals surface area contributed by atoms with Gasteiger partial charge in [-0.05, 0) is 24.9 Å². The normalized spacial score (nSPS) is 20.1. The predicted molar refractivity (Wildman–Crippen MR) is 84.7 cm³/mol. The minimum atomic E-state index is 0.570. The minimum absolute atomic E-state index is 0.570. The molecule has 0 bridgehead atoms. The van der Waals surface area contributed by atoms with Crippen LogP contribution in [0.3, 0.4) is 0 Å². The summed E-state index contributed by atoms with van der Waals surface area (Å²) in [6, 6.07) is 11.1. The SMILES string of the molecule is C(=C/c1ccccc1)/CN1CCCC[C@H]1Cn1cncn1. The molecule has 110 valence electrons. The number of piperidine rings is 1. The minimum Gasteiger partial charge on any atom is -0.295 e. The van der Waals surface area contributed by atoms with E-state index in [9.17, 15) is 0 Å². The molecule has 0 aliphatic carbocycles. The van der Waals surface area contributed by atoms with Crippen LogP contribution < -0.4 is 0 Å². The van der Waals surface area contributed by atoms with Crippen molar-refractivity contribution in [3.63, 3.8) is 0 Å².